The normalized spacial score (nSPS) is 17.2. The van der Waals surface area contributed by atoms with Gasteiger partial charge in [-0.3, -0.25) is 4.79 Å². The van der Waals surface area contributed by atoms with Gasteiger partial charge in [-0.1, -0.05) is 44.2 Å². The zero-order valence-electron chi connectivity index (χ0n) is 15.6. The molecule has 5 nitrogen and oxygen atoms in total. The van der Waals surface area contributed by atoms with Crippen molar-refractivity contribution in [2.75, 3.05) is 13.1 Å². The minimum absolute atomic E-state index is 0.00242. The van der Waals surface area contributed by atoms with Gasteiger partial charge in [0.1, 0.15) is 0 Å². The zero-order chi connectivity index (χ0) is 18.4. The van der Waals surface area contributed by atoms with Gasteiger partial charge in [0.25, 0.3) is 0 Å². The summed E-state index contributed by atoms with van der Waals surface area (Å²) < 4.78 is 0. The van der Waals surface area contributed by atoms with Crippen molar-refractivity contribution in [2.24, 2.45) is 11.7 Å². The van der Waals surface area contributed by atoms with Gasteiger partial charge in [-0.2, -0.15) is 0 Å². The standard InChI is InChI=1S/C20H31N3O2/c1-15(14-20(2,3)17-7-5-4-6-8-17)22-19(25)23-11-9-16(10-12-23)13-18(21)24/h4-8,15-16H,9-14H2,1-3H3,(H2,21,24)(H,22,25). The number of rotatable bonds is 6. The second kappa shape index (κ2) is 8.37. The topological polar surface area (TPSA) is 75.4 Å². The third-order valence-corrected chi connectivity index (χ3v) is 5.13. The Labute approximate surface area is 151 Å². The molecule has 2 rings (SSSR count). The number of nitrogens with zero attached hydrogens (tertiary/aromatic N) is 1. The van der Waals surface area contributed by atoms with Crippen LogP contribution in [0.2, 0.25) is 0 Å². The molecule has 0 aliphatic carbocycles. The number of primary amides is 1. The maximum absolute atomic E-state index is 12.5. The van der Waals surface area contributed by atoms with Crippen LogP contribution in [0.15, 0.2) is 30.3 Å². The molecule has 0 radical (unpaired) electrons. The molecule has 1 saturated heterocycles. The molecule has 0 spiro atoms. The van der Waals surface area contributed by atoms with Crippen molar-refractivity contribution >= 4 is 11.9 Å². The lowest BCUT2D eigenvalue weighted by Crippen LogP contribution is -2.48. The van der Waals surface area contributed by atoms with E-state index in [1.54, 1.807) is 0 Å². The lowest BCUT2D eigenvalue weighted by molar-refractivity contribution is -0.119. The quantitative estimate of drug-likeness (QED) is 0.831. The van der Waals surface area contributed by atoms with Gasteiger partial charge in [0.2, 0.25) is 5.91 Å². The van der Waals surface area contributed by atoms with Crippen LogP contribution in [0.4, 0.5) is 4.79 Å². The Kier molecular flexibility index (Phi) is 6.45. The zero-order valence-corrected chi connectivity index (χ0v) is 15.6. The van der Waals surface area contributed by atoms with E-state index in [-0.39, 0.29) is 23.4 Å². The number of hydrogen-bond acceptors (Lipinski definition) is 2. The van der Waals surface area contributed by atoms with E-state index < -0.39 is 0 Å². The second-order valence-corrected chi connectivity index (χ2v) is 7.91. The highest BCUT2D eigenvalue weighted by atomic mass is 16.2. The van der Waals surface area contributed by atoms with E-state index in [4.69, 9.17) is 5.73 Å². The summed E-state index contributed by atoms with van der Waals surface area (Å²) in [5.74, 6) is 0.0654. The number of piperidine rings is 1. The number of benzene rings is 1. The SMILES string of the molecule is CC(CC(C)(C)c1ccccc1)NC(=O)N1CCC(CC(N)=O)CC1. The summed E-state index contributed by atoms with van der Waals surface area (Å²) in [6, 6.07) is 10.5. The number of amides is 3. The second-order valence-electron chi connectivity index (χ2n) is 7.91. The van der Waals surface area contributed by atoms with Crippen LogP contribution in [0.1, 0.15) is 52.0 Å². The molecular weight excluding hydrogens is 314 g/mol. The van der Waals surface area contributed by atoms with Crippen LogP contribution in [0.3, 0.4) is 0 Å². The summed E-state index contributed by atoms with van der Waals surface area (Å²) in [6.07, 6.45) is 3.00. The summed E-state index contributed by atoms with van der Waals surface area (Å²) >= 11 is 0. The molecule has 1 aliphatic heterocycles. The Morgan fingerprint density at radius 2 is 1.84 bits per heavy atom. The molecule has 0 saturated carbocycles. The number of nitrogens with one attached hydrogen (secondary N) is 1. The lowest BCUT2D eigenvalue weighted by atomic mass is 9.79. The molecule has 1 aromatic rings. The first-order valence-corrected chi connectivity index (χ1v) is 9.17. The van der Waals surface area contributed by atoms with E-state index in [0.717, 1.165) is 19.3 Å². The Bertz CT molecular complexity index is 578. The molecule has 0 bridgehead atoms. The molecule has 1 aromatic carbocycles. The number of carbonyl (C=O) groups excluding carboxylic acids is 2. The smallest absolute Gasteiger partial charge is 0.317 e. The van der Waals surface area contributed by atoms with Crippen LogP contribution < -0.4 is 11.1 Å². The number of carbonyl (C=O) groups is 2. The third kappa shape index (κ3) is 5.76. The average Bonchev–Trinajstić information content (AvgIpc) is 2.55. The van der Waals surface area contributed by atoms with Crippen LogP contribution >= 0.6 is 0 Å². The van der Waals surface area contributed by atoms with Crippen molar-refractivity contribution in [3.8, 4) is 0 Å². The molecule has 138 valence electrons. The summed E-state index contributed by atoms with van der Waals surface area (Å²) in [4.78, 5) is 25.3. The number of urea groups is 1. The Hall–Kier alpha value is -2.04. The van der Waals surface area contributed by atoms with E-state index in [1.807, 2.05) is 11.0 Å². The molecule has 1 fully saturated rings. The number of hydrogen-bond donors (Lipinski definition) is 2. The summed E-state index contributed by atoms with van der Waals surface area (Å²) in [6.45, 7) is 7.86. The molecule has 0 aromatic heterocycles. The van der Waals surface area contributed by atoms with Crippen molar-refractivity contribution in [3.63, 3.8) is 0 Å². The van der Waals surface area contributed by atoms with E-state index in [1.165, 1.54) is 5.56 Å². The van der Waals surface area contributed by atoms with Gasteiger partial charge in [-0.25, -0.2) is 4.79 Å². The Morgan fingerprint density at radius 1 is 1.24 bits per heavy atom. The number of nitrogens with two attached hydrogens (primary N) is 1. The van der Waals surface area contributed by atoms with Gasteiger partial charge in [0, 0.05) is 25.6 Å². The minimum atomic E-state index is -0.250. The fourth-order valence-electron chi connectivity index (χ4n) is 3.75. The average molecular weight is 345 g/mol. The van der Waals surface area contributed by atoms with Crippen molar-refractivity contribution in [2.45, 2.75) is 57.9 Å². The highest BCUT2D eigenvalue weighted by Crippen LogP contribution is 2.28. The fourth-order valence-corrected chi connectivity index (χ4v) is 3.75. The predicted molar refractivity (Wildman–Crippen MR) is 100 cm³/mol. The van der Waals surface area contributed by atoms with Crippen molar-refractivity contribution in [1.82, 2.24) is 10.2 Å². The molecule has 25 heavy (non-hydrogen) atoms. The summed E-state index contributed by atoms with van der Waals surface area (Å²) in [7, 11) is 0. The van der Waals surface area contributed by atoms with Crippen molar-refractivity contribution in [1.29, 1.82) is 0 Å². The van der Waals surface area contributed by atoms with Crippen LogP contribution in [0.25, 0.3) is 0 Å². The molecule has 1 unspecified atom stereocenters. The monoisotopic (exact) mass is 345 g/mol. The Morgan fingerprint density at radius 3 is 2.40 bits per heavy atom. The van der Waals surface area contributed by atoms with Gasteiger partial charge in [0.15, 0.2) is 0 Å². The Balaban J connectivity index is 1.81. The highest BCUT2D eigenvalue weighted by molar-refractivity contribution is 5.75. The maximum atomic E-state index is 12.5. The van der Waals surface area contributed by atoms with Gasteiger partial charge >= 0.3 is 6.03 Å². The van der Waals surface area contributed by atoms with E-state index in [0.29, 0.717) is 25.4 Å². The largest absolute Gasteiger partial charge is 0.370 e. The highest BCUT2D eigenvalue weighted by Gasteiger charge is 2.27. The fraction of sp³-hybridized carbons (Fsp3) is 0.600. The molecule has 1 heterocycles. The van der Waals surface area contributed by atoms with E-state index in [9.17, 15) is 9.59 Å². The third-order valence-electron chi connectivity index (χ3n) is 5.13. The molecule has 1 atom stereocenters. The number of likely N-dealkylation sites (tertiary alicyclic amines) is 1. The first-order valence-electron chi connectivity index (χ1n) is 9.17. The first-order chi connectivity index (χ1) is 11.8. The first kappa shape index (κ1) is 19.3. The minimum Gasteiger partial charge on any atom is -0.370 e. The lowest BCUT2D eigenvalue weighted by Gasteiger charge is -2.34. The molecule has 3 N–H and O–H groups in total. The molecule has 1 aliphatic rings. The molecular formula is C20H31N3O2. The van der Waals surface area contributed by atoms with Crippen LogP contribution in [-0.2, 0) is 10.2 Å². The molecule has 3 amide bonds. The van der Waals surface area contributed by atoms with Crippen LogP contribution in [0.5, 0.6) is 0 Å². The van der Waals surface area contributed by atoms with Crippen molar-refractivity contribution in [3.05, 3.63) is 35.9 Å². The van der Waals surface area contributed by atoms with Crippen molar-refractivity contribution < 1.29 is 9.59 Å². The maximum Gasteiger partial charge on any atom is 0.317 e. The van der Waals surface area contributed by atoms with Crippen LogP contribution in [-0.4, -0.2) is 36.0 Å². The van der Waals surface area contributed by atoms with Gasteiger partial charge in [-0.05, 0) is 43.1 Å². The van der Waals surface area contributed by atoms with E-state index >= 15 is 0 Å². The van der Waals surface area contributed by atoms with Crippen LogP contribution in [0, 0.1) is 5.92 Å². The molecule has 5 heteroatoms. The van der Waals surface area contributed by atoms with Gasteiger partial charge < -0.3 is 16.0 Å². The summed E-state index contributed by atoms with van der Waals surface area (Å²) in [5.41, 5.74) is 6.54. The summed E-state index contributed by atoms with van der Waals surface area (Å²) in [5, 5.41) is 3.13. The predicted octanol–water partition coefficient (Wildman–Crippen LogP) is 3.04. The van der Waals surface area contributed by atoms with E-state index in [2.05, 4.69) is 50.4 Å². The van der Waals surface area contributed by atoms with Gasteiger partial charge in [0.05, 0.1) is 0 Å². The van der Waals surface area contributed by atoms with Gasteiger partial charge in [-0.15, -0.1) is 0 Å².